The molecule has 1 fully saturated rings. The smallest absolute Gasteiger partial charge is 0.246 e. The molecule has 4 heteroatoms. The maximum Gasteiger partial charge on any atom is 0.246 e. The second-order valence-corrected chi connectivity index (χ2v) is 6.65. The zero-order valence-electron chi connectivity index (χ0n) is 14.3. The number of rotatable bonds is 8. The second kappa shape index (κ2) is 8.40. The fourth-order valence-electron chi connectivity index (χ4n) is 3.00. The van der Waals surface area contributed by atoms with Crippen molar-refractivity contribution in [2.75, 3.05) is 6.54 Å². The first kappa shape index (κ1) is 18.0. The van der Waals surface area contributed by atoms with Crippen molar-refractivity contribution in [3.63, 3.8) is 0 Å². The highest BCUT2D eigenvalue weighted by molar-refractivity contribution is 5.97. The summed E-state index contributed by atoms with van der Waals surface area (Å²) in [5.74, 6) is 0.468. The number of nitrogens with zero attached hydrogens (tertiary/aromatic N) is 1. The van der Waals surface area contributed by atoms with Crippen molar-refractivity contribution in [1.82, 2.24) is 10.2 Å². The SMILES string of the molecule is CCCCCCN1C(=O)C(C(C)CC)NC(=O)C1C(C)C. The molecule has 0 saturated carbocycles. The predicted molar refractivity (Wildman–Crippen MR) is 85.9 cm³/mol. The Balaban J connectivity index is 2.82. The van der Waals surface area contributed by atoms with Crippen LogP contribution in [0.3, 0.4) is 0 Å². The molecular formula is C17H32N2O2. The molecule has 0 aromatic rings. The minimum atomic E-state index is -0.344. The molecule has 21 heavy (non-hydrogen) atoms. The van der Waals surface area contributed by atoms with Crippen LogP contribution in [0.2, 0.25) is 0 Å². The van der Waals surface area contributed by atoms with E-state index in [2.05, 4.69) is 19.2 Å². The van der Waals surface area contributed by atoms with E-state index < -0.39 is 0 Å². The highest BCUT2D eigenvalue weighted by atomic mass is 16.2. The van der Waals surface area contributed by atoms with Crippen LogP contribution in [0.4, 0.5) is 0 Å². The van der Waals surface area contributed by atoms with Crippen molar-refractivity contribution in [2.45, 2.75) is 78.8 Å². The van der Waals surface area contributed by atoms with E-state index in [-0.39, 0.29) is 35.7 Å². The molecular weight excluding hydrogens is 264 g/mol. The van der Waals surface area contributed by atoms with E-state index in [9.17, 15) is 9.59 Å². The maximum atomic E-state index is 12.8. The van der Waals surface area contributed by atoms with E-state index in [1.807, 2.05) is 25.7 Å². The number of carbonyl (C=O) groups excluding carboxylic acids is 2. The van der Waals surface area contributed by atoms with Crippen LogP contribution in [0.15, 0.2) is 0 Å². The van der Waals surface area contributed by atoms with Crippen LogP contribution >= 0.6 is 0 Å². The highest BCUT2D eigenvalue weighted by Gasteiger charge is 2.42. The molecule has 3 atom stereocenters. The maximum absolute atomic E-state index is 12.8. The van der Waals surface area contributed by atoms with Crippen LogP contribution in [0.1, 0.15) is 66.7 Å². The van der Waals surface area contributed by atoms with Crippen molar-refractivity contribution in [1.29, 1.82) is 0 Å². The molecule has 3 unspecified atom stereocenters. The molecule has 0 aromatic heterocycles. The van der Waals surface area contributed by atoms with Gasteiger partial charge in [0.05, 0.1) is 0 Å². The first-order chi connectivity index (χ1) is 9.93. The van der Waals surface area contributed by atoms with Gasteiger partial charge in [0.2, 0.25) is 11.8 Å². The van der Waals surface area contributed by atoms with Gasteiger partial charge in [-0.3, -0.25) is 9.59 Å². The van der Waals surface area contributed by atoms with Gasteiger partial charge in [-0.1, -0.05) is 60.3 Å². The Kier molecular flexibility index (Phi) is 7.20. The molecule has 1 N–H and O–H groups in total. The van der Waals surface area contributed by atoms with E-state index >= 15 is 0 Å². The largest absolute Gasteiger partial charge is 0.342 e. The number of amides is 2. The minimum Gasteiger partial charge on any atom is -0.342 e. The first-order valence-electron chi connectivity index (χ1n) is 8.54. The van der Waals surface area contributed by atoms with Crippen LogP contribution in [0, 0.1) is 11.8 Å². The topological polar surface area (TPSA) is 49.4 Å². The quantitative estimate of drug-likeness (QED) is 0.700. The molecule has 0 radical (unpaired) electrons. The Morgan fingerprint density at radius 1 is 1.10 bits per heavy atom. The molecule has 0 aromatic carbocycles. The zero-order chi connectivity index (χ0) is 16.0. The lowest BCUT2D eigenvalue weighted by Crippen LogP contribution is -2.66. The normalized spacial score (nSPS) is 24.4. The molecule has 1 saturated heterocycles. The van der Waals surface area contributed by atoms with Crippen molar-refractivity contribution in [2.24, 2.45) is 11.8 Å². The molecule has 4 nitrogen and oxygen atoms in total. The summed E-state index contributed by atoms with van der Waals surface area (Å²) in [5, 5.41) is 2.95. The number of hydrogen-bond donors (Lipinski definition) is 1. The van der Waals surface area contributed by atoms with Gasteiger partial charge in [0.1, 0.15) is 12.1 Å². The number of nitrogens with one attached hydrogen (secondary N) is 1. The molecule has 1 heterocycles. The summed E-state index contributed by atoms with van der Waals surface area (Å²) in [5.41, 5.74) is 0. The minimum absolute atomic E-state index is 0.0189. The Labute approximate surface area is 129 Å². The van der Waals surface area contributed by atoms with Crippen LogP contribution in [-0.4, -0.2) is 35.3 Å². The van der Waals surface area contributed by atoms with Crippen molar-refractivity contribution >= 4 is 11.8 Å². The van der Waals surface area contributed by atoms with E-state index in [0.29, 0.717) is 6.54 Å². The summed E-state index contributed by atoms with van der Waals surface area (Å²) in [6.45, 7) is 11.0. The Hall–Kier alpha value is -1.06. The number of hydrogen-bond acceptors (Lipinski definition) is 2. The monoisotopic (exact) mass is 296 g/mol. The fraction of sp³-hybridized carbons (Fsp3) is 0.882. The average Bonchev–Trinajstić information content (AvgIpc) is 2.45. The van der Waals surface area contributed by atoms with Crippen LogP contribution in [-0.2, 0) is 9.59 Å². The molecule has 2 amide bonds. The second-order valence-electron chi connectivity index (χ2n) is 6.65. The molecule has 1 aliphatic heterocycles. The fourth-order valence-corrected chi connectivity index (χ4v) is 3.00. The van der Waals surface area contributed by atoms with Crippen LogP contribution in [0.25, 0.3) is 0 Å². The molecule has 1 aliphatic rings. The van der Waals surface area contributed by atoms with Gasteiger partial charge in [0.25, 0.3) is 0 Å². The number of unbranched alkanes of at least 4 members (excludes halogenated alkanes) is 3. The van der Waals surface area contributed by atoms with E-state index in [1.165, 1.54) is 12.8 Å². The van der Waals surface area contributed by atoms with E-state index in [4.69, 9.17) is 0 Å². The van der Waals surface area contributed by atoms with Gasteiger partial charge in [-0.2, -0.15) is 0 Å². The summed E-state index contributed by atoms with van der Waals surface area (Å²) in [4.78, 5) is 27.0. The highest BCUT2D eigenvalue weighted by Crippen LogP contribution is 2.22. The molecule has 122 valence electrons. The predicted octanol–water partition coefficient (Wildman–Crippen LogP) is 2.96. The van der Waals surface area contributed by atoms with Crippen molar-refractivity contribution in [3.05, 3.63) is 0 Å². The van der Waals surface area contributed by atoms with Crippen LogP contribution in [0.5, 0.6) is 0 Å². The van der Waals surface area contributed by atoms with Gasteiger partial charge in [-0.15, -0.1) is 0 Å². The summed E-state index contributed by atoms with van der Waals surface area (Å²) in [7, 11) is 0. The third kappa shape index (κ3) is 4.45. The van der Waals surface area contributed by atoms with Crippen molar-refractivity contribution in [3.8, 4) is 0 Å². The zero-order valence-corrected chi connectivity index (χ0v) is 14.3. The third-order valence-electron chi connectivity index (χ3n) is 4.55. The van der Waals surface area contributed by atoms with E-state index in [0.717, 1.165) is 19.3 Å². The standard InChI is InChI=1S/C17H32N2O2/c1-6-8-9-10-11-19-15(12(3)4)16(20)18-14(17(19)21)13(5)7-2/h12-15H,6-11H2,1-5H3,(H,18,20). The molecule has 1 rings (SSSR count). The first-order valence-corrected chi connectivity index (χ1v) is 8.54. The van der Waals surface area contributed by atoms with Gasteiger partial charge in [0.15, 0.2) is 0 Å². The molecule has 0 aliphatic carbocycles. The Bertz CT molecular complexity index is 355. The summed E-state index contributed by atoms with van der Waals surface area (Å²) >= 11 is 0. The van der Waals surface area contributed by atoms with Gasteiger partial charge in [-0.25, -0.2) is 0 Å². The number of carbonyl (C=O) groups is 2. The van der Waals surface area contributed by atoms with Gasteiger partial charge >= 0.3 is 0 Å². The lowest BCUT2D eigenvalue weighted by Gasteiger charge is -2.42. The molecule has 0 spiro atoms. The Morgan fingerprint density at radius 2 is 1.76 bits per heavy atom. The average molecular weight is 296 g/mol. The van der Waals surface area contributed by atoms with Gasteiger partial charge in [0, 0.05) is 6.54 Å². The summed E-state index contributed by atoms with van der Waals surface area (Å²) in [6.07, 6.45) is 5.38. The third-order valence-corrected chi connectivity index (χ3v) is 4.55. The van der Waals surface area contributed by atoms with Gasteiger partial charge < -0.3 is 10.2 Å². The van der Waals surface area contributed by atoms with Crippen LogP contribution < -0.4 is 5.32 Å². The summed E-state index contributed by atoms with van der Waals surface area (Å²) < 4.78 is 0. The van der Waals surface area contributed by atoms with E-state index in [1.54, 1.807) is 0 Å². The number of piperazine rings is 1. The summed E-state index contributed by atoms with van der Waals surface area (Å²) in [6, 6.07) is -0.650. The molecule has 0 bridgehead atoms. The lowest BCUT2D eigenvalue weighted by molar-refractivity contribution is -0.152. The van der Waals surface area contributed by atoms with Crippen molar-refractivity contribution < 1.29 is 9.59 Å². The van der Waals surface area contributed by atoms with Gasteiger partial charge in [-0.05, 0) is 18.3 Å². The lowest BCUT2D eigenvalue weighted by atomic mass is 9.90. The Morgan fingerprint density at radius 3 is 2.29 bits per heavy atom.